The summed E-state index contributed by atoms with van der Waals surface area (Å²) < 4.78 is 6.13. The molecule has 1 aliphatic carbocycles. The van der Waals surface area contributed by atoms with Crippen LogP contribution in [0.1, 0.15) is 18.1 Å². The maximum absolute atomic E-state index is 6.13. The minimum atomic E-state index is 0.206. The molecule has 1 heterocycles. The van der Waals surface area contributed by atoms with Crippen LogP contribution in [0.2, 0.25) is 0 Å². The number of allylic oxidation sites excluding steroid dienone is 4. The van der Waals surface area contributed by atoms with Crippen molar-refractivity contribution >= 4 is 0 Å². The molecule has 0 amide bonds. The van der Waals surface area contributed by atoms with Gasteiger partial charge in [0.2, 0.25) is 0 Å². The van der Waals surface area contributed by atoms with E-state index in [0.29, 0.717) is 11.8 Å². The van der Waals surface area contributed by atoms with Crippen LogP contribution in [0.25, 0.3) is 0 Å². The second-order valence-corrected chi connectivity index (χ2v) is 5.28. The Hall–Kier alpha value is -1.38. The average Bonchev–Trinajstić information content (AvgIpc) is 2.75. The summed E-state index contributed by atoms with van der Waals surface area (Å²) in [6.07, 6.45) is 10.2. The molecule has 100 valence electrons. The van der Waals surface area contributed by atoms with Crippen LogP contribution in [0, 0.1) is 11.8 Å². The lowest BCUT2D eigenvalue weighted by atomic mass is 9.81. The van der Waals surface area contributed by atoms with Gasteiger partial charge in [-0.3, -0.25) is 0 Å². The quantitative estimate of drug-likeness (QED) is 0.877. The molecular weight excluding hydrogens is 234 g/mol. The zero-order valence-electron chi connectivity index (χ0n) is 11.2. The zero-order chi connectivity index (χ0) is 12.9. The summed E-state index contributed by atoms with van der Waals surface area (Å²) >= 11 is 0. The molecule has 3 rings (SSSR count). The van der Waals surface area contributed by atoms with Crippen LogP contribution in [-0.4, -0.2) is 19.7 Å². The summed E-state index contributed by atoms with van der Waals surface area (Å²) in [6, 6.07) is 10.6. The Bertz CT molecular complexity index is 452. The molecule has 1 aromatic rings. The first-order chi connectivity index (χ1) is 9.45. The van der Waals surface area contributed by atoms with Gasteiger partial charge in [0.05, 0.1) is 12.7 Å². The van der Waals surface area contributed by atoms with Crippen LogP contribution >= 0.6 is 0 Å². The number of nitrogens with one attached hydrogen (secondary N) is 1. The van der Waals surface area contributed by atoms with Gasteiger partial charge in [0.15, 0.2) is 0 Å². The van der Waals surface area contributed by atoms with Crippen LogP contribution in [0.5, 0.6) is 0 Å². The highest BCUT2D eigenvalue weighted by Gasteiger charge is 2.31. The molecule has 3 unspecified atom stereocenters. The van der Waals surface area contributed by atoms with Crippen LogP contribution in [0.15, 0.2) is 54.6 Å². The first kappa shape index (κ1) is 12.6. The lowest BCUT2D eigenvalue weighted by Crippen LogP contribution is -2.30. The molecule has 1 saturated heterocycles. The molecule has 2 aliphatic rings. The van der Waals surface area contributed by atoms with Crippen LogP contribution in [-0.2, 0) is 4.74 Å². The van der Waals surface area contributed by atoms with Crippen molar-refractivity contribution in [1.29, 1.82) is 0 Å². The standard InChI is InChI=1S/C17H21NO/c1-3-7-14(8-4-1)16-13-18-11-12-19-17(16)15-9-5-2-6-10-15/h1-7,9-10,14,16-18H,8,11-13H2. The van der Waals surface area contributed by atoms with E-state index >= 15 is 0 Å². The first-order valence-electron chi connectivity index (χ1n) is 7.16. The molecule has 1 aromatic carbocycles. The number of hydrogen-bond acceptors (Lipinski definition) is 2. The van der Waals surface area contributed by atoms with Gasteiger partial charge in [0, 0.05) is 19.0 Å². The molecule has 0 radical (unpaired) electrons. The fraction of sp³-hybridized carbons (Fsp3) is 0.412. The van der Waals surface area contributed by atoms with E-state index in [2.05, 4.69) is 60.0 Å². The molecule has 1 fully saturated rings. The van der Waals surface area contributed by atoms with Crippen molar-refractivity contribution in [2.75, 3.05) is 19.7 Å². The van der Waals surface area contributed by atoms with Crippen LogP contribution in [0.3, 0.4) is 0 Å². The van der Waals surface area contributed by atoms with E-state index in [1.165, 1.54) is 5.56 Å². The fourth-order valence-electron chi connectivity index (χ4n) is 3.04. The van der Waals surface area contributed by atoms with Gasteiger partial charge < -0.3 is 10.1 Å². The van der Waals surface area contributed by atoms with Crippen LogP contribution in [0.4, 0.5) is 0 Å². The summed E-state index contributed by atoms with van der Waals surface area (Å²) in [7, 11) is 0. The highest BCUT2D eigenvalue weighted by molar-refractivity contribution is 5.21. The molecular formula is C17H21NO. The maximum atomic E-state index is 6.13. The molecule has 1 aliphatic heterocycles. The second kappa shape index (κ2) is 6.18. The third-order valence-electron chi connectivity index (χ3n) is 4.04. The van der Waals surface area contributed by atoms with E-state index in [9.17, 15) is 0 Å². The molecule has 3 atom stereocenters. The SMILES string of the molecule is C1=CCC(C2CNCCOC2c2ccccc2)C=C1. The highest BCUT2D eigenvalue weighted by atomic mass is 16.5. The lowest BCUT2D eigenvalue weighted by Gasteiger charge is -2.31. The Kier molecular flexibility index (Phi) is 4.11. The van der Waals surface area contributed by atoms with Gasteiger partial charge >= 0.3 is 0 Å². The number of benzene rings is 1. The van der Waals surface area contributed by atoms with Gasteiger partial charge in [0.1, 0.15) is 0 Å². The van der Waals surface area contributed by atoms with Gasteiger partial charge in [-0.15, -0.1) is 0 Å². The third-order valence-corrected chi connectivity index (χ3v) is 4.04. The smallest absolute Gasteiger partial charge is 0.0871 e. The number of ether oxygens (including phenoxy) is 1. The molecule has 0 aromatic heterocycles. The third kappa shape index (κ3) is 2.96. The zero-order valence-corrected chi connectivity index (χ0v) is 11.2. The summed E-state index contributed by atoms with van der Waals surface area (Å²) in [5.74, 6) is 1.08. The minimum absolute atomic E-state index is 0.206. The largest absolute Gasteiger partial charge is 0.372 e. The van der Waals surface area contributed by atoms with E-state index in [1.54, 1.807) is 0 Å². The van der Waals surface area contributed by atoms with Gasteiger partial charge in [-0.1, -0.05) is 54.6 Å². The van der Waals surface area contributed by atoms with Gasteiger partial charge in [-0.25, -0.2) is 0 Å². The molecule has 2 heteroatoms. The summed E-state index contributed by atoms with van der Waals surface area (Å²) in [4.78, 5) is 0. The minimum Gasteiger partial charge on any atom is -0.372 e. The molecule has 2 nitrogen and oxygen atoms in total. The Morgan fingerprint density at radius 3 is 2.79 bits per heavy atom. The number of rotatable bonds is 2. The average molecular weight is 255 g/mol. The van der Waals surface area contributed by atoms with Crippen molar-refractivity contribution in [3.63, 3.8) is 0 Å². The normalized spacial score (nSPS) is 31.1. The van der Waals surface area contributed by atoms with Crippen molar-refractivity contribution in [3.05, 3.63) is 60.2 Å². The number of hydrogen-bond donors (Lipinski definition) is 1. The van der Waals surface area contributed by atoms with E-state index in [-0.39, 0.29) is 6.10 Å². The first-order valence-corrected chi connectivity index (χ1v) is 7.16. The summed E-state index contributed by atoms with van der Waals surface area (Å²) in [5, 5.41) is 3.51. The summed E-state index contributed by atoms with van der Waals surface area (Å²) in [5.41, 5.74) is 1.30. The van der Waals surface area contributed by atoms with Crippen molar-refractivity contribution in [1.82, 2.24) is 5.32 Å². The topological polar surface area (TPSA) is 21.3 Å². The highest BCUT2D eigenvalue weighted by Crippen LogP contribution is 2.35. The second-order valence-electron chi connectivity index (χ2n) is 5.28. The van der Waals surface area contributed by atoms with Gasteiger partial charge in [-0.05, 0) is 17.9 Å². The predicted octanol–water partition coefficient (Wildman–Crippen LogP) is 3.10. The molecule has 0 saturated carbocycles. The molecule has 0 spiro atoms. The Morgan fingerprint density at radius 1 is 1.11 bits per heavy atom. The Balaban J connectivity index is 1.84. The molecule has 0 bridgehead atoms. The fourth-order valence-corrected chi connectivity index (χ4v) is 3.04. The van der Waals surface area contributed by atoms with E-state index in [1.807, 2.05) is 0 Å². The molecule has 1 N–H and O–H groups in total. The van der Waals surface area contributed by atoms with E-state index in [0.717, 1.165) is 26.1 Å². The maximum Gasteiger partial charge on any atom is 0.0871 e. The predicted molar refractivity (Wildman–Crippen MR) is 77.9 cm³/mol. The van der Waals surface area contributed by atoms with Crippen molar-refractivity contribution in [2.24, 2.45) is 11.8 Å². The molecule has 19 heavy (non-hydrogen) atoms. The monoisotopic (exact) mass is 255 g/mol. The van der Waals surface area contributed by atoms with Crippen molar-refractivity contribution in [3.8, 4) is 0 Å². The van der Waals surface area contributed by atoms with Crippen molar-refractivity contribution in [2.45, 2.75) is 12.5 Å². The van der Waals surface area contributed by atoms with Crippen molar-refractivity contribution < 1.29 is 4.74 Å². The lowest BCUT2D eigenvalue weighted by molar-refractivity contribution is 0.0178. The Morgan fingerprint density at radius 2 is 2.00 bits per heavy atom. The summed E-state index contributed by atoms with van der Waals surface area (Å²) in [6.45, 7) is 2.77. The van der Waals surface area contributed by atoms with E-state index in [4.69, 9.17) is 4.74 Å². The van der Waals surface area contributed by atoms with Gasteiger partial charge in [0.25, 0.3) is 0 Å². The van der Waals surface area contributed by atoms with Crippen LogP contribution < -0.4 is 5.32 Å². The van der Waals surface area contributed by atoms with Gasteiger partial charge in [-0.2, -0.15) is 0 Å². The Labute approximate surface area is 115 Å². The van der Waals surface area contributed by atoms with E-state index < -0.39 is 0 Å².